The van der Waals surface area contributed by atoms with E-state index in [4.69, 9.17) is 4.52 Å². The van der Waals surface area contributed by atoms with Crippen molar-refractivity contribution in [3.05, 3.63) is 11.7 Å². The maximum Gasteiger partial charge on any atom is 0.412 e. The molecule has 2 rings (SSSR count). The van der Waals surface area contributed by atoms with Gasteiger partial charge in [0.2, 0.25) is 11.8 Å². The zero-order valence-electron chi connectivity index (χ0n) is 10.5. The van der Waals surface area contributed by atoms with Crippen molar-refractivity contribution >= 4 is 29.4 Å². The van der Waals surface area contributed by atoms with E-state index in [-0.39, 0.29) is 12.4 Å². The topological polar surface area (TPSA) is 68.0 Å². The summed E-state index contributed by atoms with van der Waals surface area (Å²) in [5, 5.41) is 5.90. The fraction of sp³-hybridized carbons (Fsp3) is 0.700. The van der Waals surface area contributed by atoms with Gasteiger partial charge in [0.25, 0.3) is 0 Å². The van der Waals surface area contributed by atoms with Gasteiger partial charge in [-0.2, -0.15) is 18.2 Å². The van der Waals surface area contributed by atoms with E-state index in [1.807, 2.05) is 0 Å². The number of nitrogens with one attached hydrogen (secondary N) is 1. The molecule has 10 heteroatoms. The van der Waals surface area contributed by atoms with Crippen LogP contribution in [-0.4, -0.2) is 37.8 Å². The number of halogens is 3. The maximum absolute atomic E-state index is 13.1. The second kappa shape index (κ2) is 5.84. The van der Waals surface area contributed by atoms with Crippen LogP contribution in [0.2, 0.25) is 0 Å². The number of carbonyl (C=O) groups excluding carboxylic acids is 1. The second-order valence-electron chi connectivity index (χ2n) is 4.14. The quantitative estimate of drug-likeness (QED) is 0.914. The standard InChI is InChI=1S/C10H12F3N3O2S2/c1-6-15-8(18-16-6)5-14-7(17)4-9(10(11,12)13)19-2-3-20-9/h2-5H2,1H3,(H,14,17). The van der Waals surface area contributed by atoms with Gasteiger partial charge in [-0.3, -0.25) is 4.79 Å². The van der Waals surface area contributed by atoms with E-state index in [0.717, 1.165) is 23.5 Å². The Morgan fingerprint density at radius 2 is 2.10 bits per heavy atom. The van der Waals surface area contributed by atoms with Crippen molar-refractivity contribution in [3.63, 3.8) is 0 Å². The number of aromatic nitrogens is 2. The summed E-state index contributed by atoms with van der Waals surface area (Å²) in [5.74, 6) is 0.673. The van der Waals surface area contributed by atoms with Crippen molar-refractivity contribution in [1.29, 1.82) is 0 Å². The number of amides is 1. The van der Waals surface area contributed by atoms with E-state index in [9.17, 15) is 18.0 Å². The highest BCUT2D eigenvalue weighted by molar-refractivity contribution is 8.21. The average Bonchev–Trinajstić information content (AvgIpc) is 2.95. The van der Waals surface area contributed by atoms with E-state index in [1.54, 1.807) is 6.92 Å². The highest BCUT2D eigenvalue weighted by atomic mass is 32.2. The first-order valence-electron chi connectivity index (χ1n) is 5.73. The summed E-state index contributed by atoms with van der Waals surface area (Å²) in [4.78, 5) is 15.6. The molecule has 1 fully saturated rings. The molecule has 1 saturated heterocycles. The van der Waals surface area contributed by atoms with Crippen LogP contribution in [0.5, 0.6) is 0 Å². The van der Waals surface area contributed by atoms with E-state index >= 15 is 0 Å². The molecule has 0 bridgehead atoms. The lowest BCUT2D eigenvalue weighted by Crippen LogP contribution is -2.42. The minimum atomic E-state index is -4.42. The molecule has 0 atom stereocenters. The number of carbonyl (C=O) groups is 1. The minimum Gasteiger partial charge on any atom is -0.347 e. The number of thioether (sulfide) groups is 2. The lowest BCUT2D eigenvalue weighted by Gasteiger charge is -2.28. The molecule has 0 aromatic carbocycles. The Hall–Kier alpha value is -0.900. The number of hydrogen-bond acceptors (Lipinski definition) is 6. The van der Waals surface area contributed by atoms with E-state index in [0.29, 0.717) is 17.3 Å². The molecule has 1 aromatic rings. The molecule has 1 aliphatic heterocycles. The van der Waals surface area contributed by atoms with Crippen molar-refractivity contribution in [2.24, 2.45) is 0 Å². The third-order valence-electron chi connectivity index (χ3n) is 2.59. The van der Waals surface area contributed by atoms with Gasteiger partial charge in [0.15, 0.2) is 9.90 Å². The molecule has 112 valence electrons. The number of alkyl halides is 3. The molecular weight excluding hydrogens is 315 g/mol. The maximum atomic E-state index is 13.1. The Bertz CT molecular complexity index is 486. The Labute approximate surface area is 121 Å². The van der Waals surface area contributed by atoms with Gasteiger partial charge in [0.1, 0.15) is 0 Å². The smallest absolute Gasteiger partial charge is 0.347 e. The first-order valence-corrected chi connectivity index (χ1v) is 7.70. The molecule has 2 heterocycles. The van der Waals surface area contributed by atoms with Crippen LogP contribution in [0.3, 0.4) is 0 Å². The largest absolute Gasteiger partial charge is 0.412 e. The molecule has 0 saturated carbocycles. The molecule has 0 unspecified atom stereocenters. The lowest BCUT2D eigenvalue weighted by molar-refractivity contribution is -0.146. The molecule has 20 heavy (non-hydrogen) atoms. The fourth-order valence-corrected chi connectivity index (χ4v) is 4.63. The van der Waals surface area contributed by atoms with Gasteiger partial charge in [-0.05, 0) is 6.92 Å². The van der Waals surface area contributed by atoms with E-state index < -0.39 is 22.6 Å². The molecule has 1 aliphatic rings. The van der Waals surface area contributed by atoms with Crippen LogP contribution in [0.1, 0.15) is 18.1 Å². The summed E-state index contributed by atoms with van der Waals surface area (Å²) in [6.07, 6.45) is -5.03. The lowest BCUT2D eigenvalue weighted by atomic mass is 10.2. The summed E-state index contributed by atoms with van der Waals surface area (Å²) in [6.45, 7) is 1.54. The Kier molecular flexibility index (Phi) is 4.52. The Balaban J connectivity index is 1.92. The SMILES string of the molecule is Cc1noc(CNC(=O)CC2(C(F)(F)F)SCCS2)n1. The molecule has 0 radical (unpaired) electrons. The number of rotatable bonds is 4. The molecule has 0 aliphatic carbocycles. The summed E-state index contributed by atoms with van der Waals surface area (Å²) >= 11 is 1.55. The number of nitrogens with zero attached hydrogens (tertiary/aromatic N) is 2. The Morgan fingerprint density at radius 1 is 1.45 bits per heavy atom. The van der Waals surface area contributed by atoms with Gasteiger partial charge in [0, 0.05) is 11.5 Å². The molecule has 1 N–H and O–H groups in total. The van der Waals surface area contributed by atoms with Gasteiger partial charge < -0.3 is 9.84 Å². The molecule has 5 nitrogen and oxygen atoms in total. The van der Waals surface area contributed by atoms with Crippen LogP contribution in [0, 0.1) is 6.92 Å². The third kappa shape index (κ3) is 3.40. The van der Waals surface area contributed by atoms with Crippen molar-refractivity contribution in [1.82, 2.24) is 15.5 Å². The van der Waals surface area contributed by atoms with Gasteiger partial charge in [-0.1, -0.05) is 5.16 Å². The van der Waals surface area contributed by atoms with Gasteiger partial charge in [-0.15, -0.1) is 23.5 Å². The monoisotopic (exact) mass is 327 g/mol. The van der Waals surface area contributed by atoms with Crippen molar-refractivity contribution in [2.45, 2.75) is 30.1 Å². The van der Waals surface area contributed by atoms with Gasteiger partial charge in [0.05, 0.1) is 13.0 Å². The highest BCUT2D eigenvalue weighted by Crippen LogP contribution is 2.56. The highest BCUT2D eigenvalue weighted by Gasteiger charge is 2.58. The first-order chi connectivity index (χ1) is 9.32. The van der Waals surface area contributed by atoms with Crippen molar-refractivity contribution < 1.29 is 22.5 Å². The third-order valence-corrected chi connectivity index (χ3v) is 6.05. The molecule has 1 amide bonds. The summed E-state index contributed by atoms with van der Waals surface area (Å²) in [7, 11) is 0. The average molecular weight is 327 g/mol. The van der Waals surface area contributed by atoms with Crippen molar-refractivity contribution in [2.75, 3.05) is 11.5 Å². The fourth-order valence-electron chi connectivity index (χ4n) is 1.68. The molecular formula is C10H12F3N3O2S2. The summed E-state index contributed by atoms with van der Waals surface area (Å²) in [5.41, 5.74) is 0. The molecule has 1 aromatic heterocycles. The first kappa shape index (κ1) is 15.5. The summed E-state index contributed by atoms with van der Waals surface area (Å²) < 4.78 is 42.0. The normalized spacial score (nSPS) is 18.2. The van der Waals surface area contributed by atoms with E-state index in [1.165, 1.54) is 0 Å². The molecule has 0 spiro atoms. The van der Waals surface area contributed by atoms with Gasteiger partial charge in [-0.25, -0.2) is 0 Å². The van der Waals surface area contributed by atoms with Crippen molar-refractivity contribution in [3.8, 4) is 0 Å². The zero-order valence-corrected chi connectivity index (χ0v) is 12.1. The van der Waals surface area contributed by atoms with Gasteiger partial charge >= 0.3 is 6.18 Å². The van der Waals surface area contributed by atoms with Crippen LogP contribution in [0.4, 0.5) is 13.2 Å². The van der Waals surface area contributed by atoms with Crippen LogP contribution in [0.15, 0.2) is 4.52 Å². The van der Waals surface area contributed by atoms with Crippen LogP contribution < -0.4 is 5.32 Å². The minimum absolute atomic E-state index is 0.0665. The zero-order chi connectivity index (χ0) is 14.8. The van der Waals surface area contributed by atoms with E-state index in [2.05, 4.69) is 15.5 Å². The number of hydrogen-bond donors (Lipinski definition) is 1. The number of aryl methyl sites for hydroxylation is 1. The predicted octanol–water partition coefficient (Wildman–Crippen LogP) is 2.12. The summed E-state index contributed by atoms with van der Waals surface area (Å²) in [6, 6.07) is 0. The van der Waals surface area contributed by atoms with Crippen LogP contribution in [-0.2, 0) is 11.3 Å². The van der Waals surface area contributed by atoms with Crippen LogP contribution in [0.25, 0.3) is 0 Å². The predicted molar refractivity (Wildman–Crippen MR) is 69.2 cm³/mol. The second-order valence-corrected chi connectivity index (χ2v) is 7.18. The van der Waals surface area contributed by atoms with Crippen LogP contribution >= 0.6 is 23.5 Å². The Morgan fingerprint density at radius 3 is 2.60 bits per heavy atom.